The molecular weight excluding hydrogens is 130 g/mol. The Labute approximate surface area is 59.2 Å². The maximum Gasteiger partial charge on any atom is 0.235 e. The molecular formula is C7H9NO2. The Morgan fingerprint density at radius 2 is 2.50 bits per heavy atom. The van der Waals surface area contributed by atoms with Gasteiger partial charge in [0.1, 0.15) is 0 Å². The van der Waals surface area contributed by atoms with Crippen LogP contribution in [-0.4, -0.2) is 11.0 Å². The van der Waals surface area contributed by atoms with Crippen LogP contribution in [0.1, 0.15) is 13.3 Å². The molecule has 0 aromatic carbocycles. The fourth-order valence-electron chi connectivity index (χ4n) is 0.872. The summed E-state index contributed by atoms with van der Waals surface area (Å²) in [6.45, 7) is 1.94. The van der Waals surface area contributed by atoms with Crippen LogP contribution in [0.4, 0.5) is 0 Å². The van der Waals surface area contributed by atoms with E-state index in [4.69, 9.17) is 0 Å². The molecule has 3 nitrogen and oxygen atoms in total. The monoisotopic (exact) mass is 139 g/mol. The number of rotatable bonds is 1. The lowest BCUT2D eigenvalue weighted by molar-refractivity contribution is -0.508. The molecule has 1 atom stereocenters. The van der Waals surface area contributed by atoms with Gasteiger partial charge < -0.3 is 0 Å². The van der Waals surface area contributed by atoms with Gasteiger partial charge in [-0.3, -0.25) is 10.1 Å². The normalized spacial score (nSPS) is 24.1. The van der Waals surface area contributed by atoms with Crippen LogP contribution in [0.3, 0.4) is 0 Å². The Balaban J connectivity index is 2.60. The van der Waals surface area contributed by atoms with E-state index >= 15 is 0 Å². The lowest BCUT2D eigenvalue weighted by atomic mass is 10.1. The van der Waals surface area contributed by atoms with Gasteiger partial charge in [-0.25, -0.2) is 0 Å². The summed E-state index contributed by atoms with van der Waals surface area (Å²) in [5, 5.41) is 10.2. The molecule has 0 aromatic rings. The molecule has 1 rings (SSSR count). The van der Waals surface area contributed by atoms with Gasteiger partial charge in [0.15, 0.2) is 0 Å². The minimum atomic E-state index is -0.497. The van der Waals surface area contributed by atoms with Crippen molar-refractivity contribution in [2.24, 2.45) is 0 Å². The maximum absolute atomic E-state index is 10.2. The molecule has 0 fully saturated rings. The van der Waals surface area contributed by atoms with Crippen molar-refractivity contribution in [2.75, 3.05) is 0 Å². The fraction of sp³-hybridized carbons (Fsp3) is 0.429. The van der Waals surface area contributed by atoms with E-state index in [2.05, 4.69) is 0 Å². The van der Waals surface area contributed by atoms with Crippen LogP contribution in [0.5, 0.6) is 0 Å². The lowest BCUT2D eigenvalue weighted by Gasteiger charge is -2.05. The van der Waals surface area contributed by atoms with Crippen LogP contribution in [0.25, 0.3) is 0 Å². The molecule has 1 aliphatic carbocycles. The van der Waals surface area contributed by atoms with E-state index in [1.165, 1.54) is 0 Å². The predicted octanol–water partition coefficient (Wildman–Crippen LogP) is 1.54. The first-order chi connectivity index (χ1) is 4.70. The first-order valence-electron chi connectivity index (χ1n) is 3.18. The Morgan fingerprint density at radius 3 is 2.90 bits per heavy atom. The molecule has 54 valence electrons. The first kappa shape index (κ1) is 6.99. The van der Waals surface area contributed by atoms with Gasteiger partial charge in [-0.05, 0) is 13.0 Å². The third-order valence-corrected chi connectivity index (χ3v) is 1.53. The van der Waals surface area contributed by atoms with Crippen molar-refractivity contribution in [3.8, 4) is 0 Å². The number of hydrogen-bond acceptors (Lipinski definition) is 2. The summed E-state index contributed by atoms with van der Waals surface area (Å²) < 4.78 is 0. The quantitative estimate of drug-likeness (QED) is 0.408. The van der Waals surface area contributed by atoms with Crippen molar-refractivity contribution in [2.45, 2.75) is 19.4 Å². The predicted molar refractivity (Wildman–Crippen MR) is 38.3 cm³/mol. The Kier molecular flexibility index (Phi) is 1.85. The maximum atomic E-state index is 10.2. The second-order valence-electron chi connectivity index (χ2n) is 2.40. The summed E-state index contributed by atoms with van der Waals surface area (Å²) in [6, 6.07) is -0.497. The van der Waals surface area contributed by atoms with E-state index in [9.17, 15) is 10.1 Å². The minimum absolute atomic E-state index is 0.264. The first-order valence-corrected chi connectivity index (χ1v) is 3.18. The Morgan fingerprint density at radius 1 is 1.80 bits per heavy atom. The van der Waals surface area contributed by atoms with Crippen LogP contribution in [-0.2, 0) is 0 Å². The smallest absolute Gasteiger partial charge is 0.235 e. The van der Waals surface area contributed by atoms with E-state index in [0.717, 1.165) is 5.57 Å². The SMILES string of the molecule is CC1=CCC([N+](=O)[O-])C=C1. The van der Waals surface area contributed by atoms with E-state index in [-0.39, 0.29) is 4.92 Å². The highest BCUT2D eigenvalue weighted by Gasteiger charge is 2.16. The number of allylic oxidation sites excluding steroid dienone is 2. The summed E-state index contributed by atoms with van der Waals surface area (Å²) >= 11 is 0. The molecule has 0 amide bonds. The zero-order chi connectivity index (χ0) is 7.56. The van der Waals surface area contributed by atoms with Crippen LogP contribution < -0.4 is 0 Å². The minimum Gasteiger partial charge on any atom is -0.264 e. The van der Waals surface area contributed by atoms with Crippen molar-refractivity contribution in [1.29, 1.82) is 0 Å². The summed E-state index contributed by atoms with van der Waals surface area (Å²) in [4.78, 5) is 9.92. The molecule has 0 saturated carbocycles. The van der Waals surface area contributed by atoms with Crippen molar-refractivity contribution in [1.82, 2.24) is 0 Å². The van der Waals surface area contributed by atoms with Gasteiger partial charge in [0.2, 0.25) is 6.04 Å². The van der Waals surface area contributed by atoms with Gasteiger partial charge >= 0.3 is 0 Å². The van der Waals surface area contributed by atoms with Gasteiger partial charge in [-0.1, -0.05) is 17.7 Å². The van der Waals surface area contributed by atoms with Crippen LogP contribution in [0.2, 0.25) is 0 Å². The van der Waals surface area contributed by atoms with E-state index in [0.29, 0.717) is 6.42 Å². The lowest BCUT2D eigenvalue weighted by Crippen LogP contribution is -2.17. The molecule has 0 aromatic heterocycles. The Hall–Kier alpha value is -1.12. The molecule has 1 unspecified atom stereocenters. The molecule has 3 heteroatoms. The van der Waals surface area contributed by atoms with Crippen LogP contribution in [0.15, 0.2) is 23.8 Å². The number of nitro groups is 1. The summed E-state index contributed by atoms with van der Waals surface area (Å²) in [5.74, 6) is 0. The number of nitrogens with zero attached hydrogens (tertiary/aromatic N) is 1. The summed E-state index contributed by atoms with van der Waals surface area (Å²) in [7, 11) is 0. The molecule has 0 bridgehead atoms. The molecule has 1 aliphatic rings. The van der Waals surface area contributed by atoms with Gasteiger partial charge in [0.05, 0.1) is 0 Å². The van der Waals surface area contributed by atoms with Crippen molar-refractivity contribution in [3.05, 3.63) is 33.9 Å². The van der Waals surface area contributed by atoms with Gasteiger partial charge in [0.25, 0.3) is 0 Å². The standard InChI is InChI=1S/C7H9NO2/c1-6-2-4-7(5-3-6)8(9)10/h2-4,7H,5H2,1H3. The van der Waals surface area contributed by atoms with Crippen LogP contribution >= 0.6 is 0 Å². The molecule has 0 heterocycles. The van der Waals surface area contributed by atoms with E-state index in [1.807, 2.05) is 13.0 Å². The third kappa shape index (κ3) is 1.43. The average Bonchev–Trinajstić information content (AvgIpc) is 1.88. The second-order valence-corrected chi connectivity index (χ2v) is 2.40. The number of hydrogen-bond donors (Lipinski definition) is 0. The highest BCUT2D eigenvalue weighted by Crippen LogP contribution is 2.11. The van der Waals surface area contributed by atoms with Gasteiger partial charge in [-0.2, -0.15) is 0 Å². The van der Waals surface area contributed by atoms with Crippen molar-refractivity contribution < 1.29 is 4.92 Å². The highest BCUT2D eigenvalue weighted by atomic mass is 16.6. The largest absolute Gasteiger partial charge is 0.264 e. The molecule has 0 N–H and O–H groups in total. The van der Waals surface area contributed by atoms with Gasteiger partial charge in [-0.15, -0.1) is 0 Å². The topological polar surface area (TPSA) is 43.1 Å². The van der Waals surface area contributed by atoms with E-state index < -0.39 is 6.04 Å². The second kappa shape index (κ2) is 2.64. The average molecular weight is 139 g/mol. The summed E-state index contributed by atoms with van der Waals surface area (Å²) in [5.41, 5.74) is 1.11. The summed E-state index contributed by atoms with van der Waals surface area (Å²) in [6.07, 6.45) is 5.84. The zero-order valence-corrected chi connectivity index (χ0v) is 5.78. The molecule has 0 spiro atoms. The van der Waals surface area contributed by atoms with Crippen molar-refractivity contribution >= 4 is 0 Å². The molecule has 0 saturated heterocycles. The fourth-order valence-corrected chi connectivity index (χ4v) is 0.872. The van der Waals surface area contributed by atoms with Crippen LogP contribution in [0, 0.1) is 10.1 Å². The molecule has 0 aliphatic heterocycles. The highest BCUT2D eigenvalue weighted by molar-refractivity contribution is 5.21. The molecule has 10 heavy (non-hydrogen) atoms. The van der Waals surface area contributed by atoms with Gasteiger partial charge in [0, 0.05) is 11.3 Å². The zero-order valence-electron chi connectivity index (χ0n) is 5.78. The Bertz CT molecular complexity index is 206. The third-order valence-electron chi connectivity index (χ3n) is 1.53. The molecule has 0 radical (unpaired) electrons. The van der Waals surface area contributed by atoms with Crippen molar-refractivity contribution in [3.63, 3.8) is 0 Å². The van der Waals surface area contributed by atoms with E-state index in [1.54, 1.807) is 12.2 Å².